The van der Waals surface area contributed by atoms with E-state index in [4.69, 9.17) is 15.2 Å². The fourth-order valence-electron chi connectivity index (χ4n) is 4.65. The van der Waals surface area contributed by atoms with E-state index in [0.29, 0.717) is 32.7 Å². The van der Waals surface area contributed by atoms with E-state index in [9.17, 15) is 9.59 Å². The van der Waals surface area contributed by atoms with Gasteiger partial charge in [-0.25, -0.2) is 0 Å². The fraction of sp³-hybridized carbons (Fsp3) is 0.565. The largest absolute Gasteiger partial charge is 0.497 e. The number of nitrogens with two attached hydrogens (primary N) is 1. The van der Waals surface area contributed by atoms with Crippen LogP contribution in [-0.2, 0) is 38.6 Å². The van der Waals surface area contributed by atoms with E-state index in [2.05, 4.69) is 11.4 Å². The molecule has 1 aromatic rings. The Bertz CT molecular complexity index is 920. The predicted octanol–water partition coefficient (Wildman–Crippen LogP) is 2.95. The van der Waals surface area contributed by atoms with Crippen LogP contribution in [0.15, 0.2) is 23.5 Å². The van der Waals surface area contributed by atoms with Crippen LogP contribution in [0.2, 0.25) is 0 Å². The lowest BCUT2D eigenvalue weighted by Crippen LogP contribution is -2.36. The number of thiophene rings is 1. The van der Waals surface area contributed by atoms with Gasteiger partial charge in [-0.3, -0.25) is 9.59 Å². The molecule has 0 aromatic carbocycles. The quantitative estimate of drug-likeness (QED) is 0.642. The average molecular weight is 446 g/mol. The molecule has 31 heavy (non-hydrogen) atoms. The molecule has 1 fully saturated rings. The highest BCUT2D eigenvalue weighted by atomic mass is 32.1. The molecule has 1 aromatic heterocycles. The summed E-state index contributed by atoms with van der Waals surface area (Å²) in [5.41, 5.74) is 9.54. The maximum atomic E-state index is 13.0. The van der Waals surface area contributed by atoms with Crippen LogP contribution in [-0.4, -0.2) is 44.1 Å². The molecule has 0 saturated heterocycles. The van der Waals surface area contributed by atoms with E-state index < -0.39 is 0 Å². The van der Waals surface area contributed by atoms with Crippen molar-refractivity contribution in [2.24, 2.45) is 17.6 Å². The first-order chi connectivity index (χ1) is 15.1. The van der Waals surface area contributed by atoms with Crippen LogP contribution in [0.4, 0.5) is 5.00 Å². The Morgan fingerprint density at radius 1 is 1.32 bits per heavy atom. The summed E-state index contributed by atoms with van der Waals surface area (Å²) in [6.45, 7) is 2.07. The summed E-state index contributed by atoms with van der Waals surface area (Å²) in [6.07, 6.45) is 8.13. The second kappa shape index (κ2) is 9.54. The smallest absolute Gasteiger partial charge is 0.228 e. The number of methoxy groups -OCH3 is 2. The number of nitrogens with one attached hydrogen (secondary N) is 1. The van der Waals surface area contributed by atoms with Crippen LogP contribution in [0.1, 0.15) is 41.7 Å². The van der Waals surface area contributed by atoms with Gasteiger partial charge in [-0.2, -0.15) is 0 Å². The normalized spacial score (nSPS) is 22.4. The number of hydrogen-bond acceptors (Lipinski definition) is 6. The number of fused-ring (bicyclic) bond motifs is 1. The van der Waals surface area contributed by atoms with E-state index in [1.807, 2.05) is 11.0 Å². The SMILES string of the molecule is COCCC(=O)N1CCc2c(sc(NC(=O)C3CC3C3=C(OC)C=CCC3)c2CN)C1. The highest BCUT2D eigenvalue weighted by Crippen LogP contribution is 2.49. The monoisotopic (exact) mass is 445 g/mol. The van der Waals surface area contributed by atoms with Crippen molar-refractivity contribution in [2.75, 3.05) is 32.7 Å². The first-order valence-electron chi connectivity index (χ1n) is 10.9. The Kier molecular flexibility index (Phi) is 6.79. The van der Waals surface area contributed by atoms with Gasteiger partial charge in [0.05, 0.1) is 26.7 Å². The molecule has 168 valence electrons. The molecule has 2 unspecified atom stereocenters. The first kappa shape index (κ1) is 22.0. The molecule has 0 bridgehead atoms. The number of allylic oxidation sites excluding steroid dienone is 3. The Morgan fingerprint density at radius 2 is 2.16 bits per heavy atom. The van der Waals surface area contributed by atoms with Crippen molar-refractivity contribution in [1.82, 2.24) is 4.90 Å². The van der Waals surface area contributed by atoms with Gasteiger partial charge >= 0.3 is 0 Å². The molecule has 2 atom stereocenters. The summed E-state index contributed by atoms with van der Waals surface area (Å²) >= 11 is 1.56. The van der Waals surface area contributed by atoms with Crippen molar-refractivity contribution < 1.29 is 19.1 Å². The van der Waals surface area contributed by atoms with Crippen LogP contribution in [0.3, 0.4) is 0 Å². The Labute approximate surface area is 187 Å². The Hall–Kier alpha value is -2.16. The molecule has 2 amide bonds. The summed E-state index contributed by atoms with van der Waals surface area (Å²) in [7, 11) is 3.29. The molecule has 0 radical (unpaired) electrons. The van der Waals surface area contributed by atoms with E-state index in [1.54, 1.807) is 25.6 Å². The summed E-state index contributed by atoms with van der Waals surface area (Å²) in [4.78, 5) is 28.4. The highest BCUT2D eigenvalue weighted by molar-refractivity contribution is 7.16. The van der Waals surface area contributed by atoms with E-state index in [-0.39, 0.29) is 23.7 Å². The molecular weight excluding hydrogens is 414 g/mol. The third-order valence-corrected chi connectivity index (χ3v) is 7.62. The van der Waals surface area contributed by atoms with Gasteiger partial charge in [0.25, 0.3) is 0 Å². The second-order valence-electron chi connectivity index (χ2n) is 8.30. The molecule has 7 nitrogen and oxygen atoms in total. The van der Waals surface area contributed by atoms with Crippen molar-refractivity contribution in [1.29, 1.82) is 0 Å². The van der Waals surface area contributed by atoms with Gasteiger partial charge in [0.15, 0.2) is 0 Å². The van der Waals surface area contributed by atoms with Crippen LogP contribution in [0.25, 0.3) is 0 Å². The number of carbonyl (C=O) groups is 2. The molecular formula is C23H31N3O4S. The van der Waals surface area contributed by atoms with Crippen molar-refractivity contribution >= 4 is 28.2 Å². The van der Waals surface area contributed by atoms with Gasteiger partial charge < -0.3 is 25.4 Å². The minimum Gasteiger partial charge on any atom is -0.497 e. The van der Waals surface area contributed by atoms with Crippen molar-refractivity contribution in [3.05, 3.63) is 39.5 Å². The summed E-state index contributed by atoms with van der Waals surface area (Å²) in [5.74, 6) is 1.33. The van der Waals surface area contributed by atoms with E-state index >= 15 is 0 Å². The maximum absolute atomic E-state index is 13.0. The lowest BCUT2D eigenvalue weighted by atomic mass is 9.98. The second-order valence-corrected chi connectivity index (χ2v) is 9.40. The van der Waals surface area contributed by atoms with E-state index in [0.717, 1.165) is 46.9 Å². The first-order valence-corrected chi connectivity index (χ1v) is 11.7. The third-order valence-electron chi connectivity index (χ3n) is 6.44. The topological polar surface area (TPSA) is 93.9 Å². The van der Waals surface area contributed by atoms with Gasteiger partial charge in [-0.05, 0) is 48.8 Å². The van der Waals surface area contributed by atoms with Crippen molar-refractivity contribution in [3.8, 4) is 0 Å². The average Bonchev–Trinajstić information content (AvgIpc) is 3.52. The van der Waals surface area contributed by atoms with Gasteiger partial charge in [0, 0.05) is 36.6 Å². The standard InChI is InChI=1S/C23H31N3O4S/c1-29-10-8-21(27)26-9-7-15-18(12-24)23(31-20(15)13-26)25-22(28)17-11-16(17)14-5-3-4-6-19(14)30-2/h4,6,16-17H,3,5,7-13,24H2,1-2H3,(H,25,28). The lowest BCUT2D eigenvalue weighted by Gasteiger charge is -2.27. The molecule has 0 spiro atoms. The Balaban J connectivity index is 1.44. The molecule has 2 heterocycles. The van der Waals surface area contributed by atoms with Gasteiger partial charge in [-0.1, -0.05) is 6.08 Å². The Morgan fingerprint density at radius 3 is 2.90 bits per heavy atom. The lowest BCUT2D eigenvalue weighted by molar-refractivity contribution is -0.133. The number of rotatable bonds is 8. The minimum atomic E-state index is -0.0106. The molecule has 4 rings (SSSR count). The predicted molar refractivity (Wildman–Crippen MR) is 120 cm³/mol. The number of carbonyl (C=O) groups excluding carboxylic acids is 2. The summed E-state index contributed by atoms with van der Waals surface area (Å²) < 4.78 is 10.5. The number of anilines is 1. The molecule has 1 aliphatic heterocycles. The zero-order valence-electron chi connectivity index (χ0n) is 18.2. The number of amides is 2. The summed E-state index contributed by atoms with van der Waals surface area (Å²) in [6, 6.07) is 0. The number of nitrogens with zero attached hydrogens (tertiary/aromatic N) is 1. The van der Waals surface area contributed by atoms with Crippen LogP contribution >= 0.6 is 11.3 Å². The zero-order chi connectivity index (χ0) is 22.0. The molecule has 8 heteroatoms. The molecule has 2 aliphatic carbocycles. The molecule has 3 N–H and O–H groups in total. The summed E-state index contributed by atoms with van der Waals surface area (Å²) in [5, 5.41) is 4.00. The minimum absolute atomic E-state index is 0.0106. The third kappa shape index (κ3) is 4.56. The number of ether oxygens (including phenoxy) is 2. The van der Waals surface area contributed by atoms with E-state index in [1.165, 1.54) is 11.1 Å². The van der Waals surface area contributed by atoms with Crippen molar-refractivity contribution in [3.63, 3.8) is 0 Å². The maximum Gasteiger partial charge on any atom is 0.228 e. The molecule has 1 saturated carbocycles. The van der Waals surface area contributed by atoms with Crippen molar-refractivity contribution in [2.45, 2.75) is 45.2 Å². The fourth-order valence-corrected chi connectivity index (χ4v) is 5.94. The van der Waals surface area contributed by atoms with Gasteiger partial charge in [0.2, 0.25) is 11.8 Å². The van der Waals surface area contributed by atoms with Crippen LogP contribution in [0.5, 0.6) is 0 Å². The van der Waals surface area contributed by atoms with Crippen LogP contribution < -0.4 is 11.1 Å². The molecule has 3 aliphatic rings. The zero-order valence-corrected chi connectivity index (χ0v) is 19.1. The highest BCUT2D eigenvalue weighted by Gasteiger charge is 2.46. The van der Waals surface area contributed by atoms with Gasteiger partial charge in [-0.15, -0.1) is 11.3 Å². The number of hydrogen-bond donors (Lipinski definition) is 2. The van der Waals surface area contributed by atoms with Crippen LogP contribution in [0, 0.1) is 11.8 Å². The van der Waals surface area contributed by atoms with Gasteiger partial charge in [0.1, 0.15) is 10.8 Å².